The summed E-state index contributed by atoms with van der Waals surface area (Å²) in [6.07, 6.45) is 1.15. The van der Waals surface area contributed by atoms with Crippen molar-refractivity contribution in [2.24, 2.45) is 0 Å². The van der Waals surface area contributed by atoms with Crippen molar-refractivity contribution in [3.63, 3.8) is 0 Å². The molecule has 3 N–H and O–H groups in total. The molecule has 0 aliphatic carbocycles. The molecule has 1 aromatic carbocycles. The van der Waals surface area contributed by atoms with Crippen molar-refractivity contribution in [3.05, 3.63) is 29.8 Å². The van der Waals surface area contributed by atoms with Crippen LogP contribution in [0.3, 0.4) is 0 Å². The number of benzene rings is 1. The predicted molar refractivity (Wildman–Crippen MR) is 105 cm³/mol. The van der Waals surface area contributed by atoms with Crippen molar-refractivity contribution in [1.82, 2.24) is 15.5 Å². The van der Waals surface area contributed by atoms with Gasteiger partial charge in [-0.25, -0.2) is 9.69 Å². The fraction of sp³-hybridized carbons (Fsp3) is 0.550. The number of hydrogen-bond acceptors (Lipinski definition) is 4. The molecular weight excluding hydrogens is 360 g/mol. The lowest BCUT2D eigenvalue weighted by Gasteiger charge is -2.23. The summed E-state index contributed by atoms with van der Waals surface area (Å²) in [6.45, 7) is 5.86. The molecule has 1 fully saturated rings. The predicted octanol–water partition coefficient (Wildman–Crippen LogP) is -0.0649. The van der Waals surface area contributed by atoms with Gasteiger partial charge in [-0.1, -0.05) is 12.1 Å². The first-order valence-electron chi connectivity index (χ1n) is 9.52. The van der Waals surface area contributed by atoms with Crippen LogP contribution >= 0.6 is 0 Å². The minimum absolute atomic E-state index is 0.0539. The molecule has 2 rings (SSSR count). The molecule has 0 saturated carbocycles. The number of carbonyl (C=O) groups excluding carboxylic acids is 3. The summed E-state index contributed by atoms with van der Waals surface area (Å²) < 4.78 is 5.15. The topological polar surface area (TPSA) is 92.2 Å². The molecule has 2 atom stereocenters. The Balaban J connectivity index is 1.94. The zero-order chi connectivity index (χ0) is 20.9. The van der Waals surface area contributed by atoms with Gasteiger partial charge in [-0.3, -0.25) is 9.59 Å². The maximum atomic E-state index is 12.9. The van der Waals surface area contributed by atoms with Crippen LogP contribution in [0.25, 0.3) is 0 Å². The number of aryl methyl sites for hydroxylation is 1. The summed E-state index contributed by atoms with van der Waals surface area (Å²) in [6, 6.07) is 7.29. The number of ether oxygens (including phenoxy) is 1. The third-order valence-electron chi connectivity index (χ3n) is 4.76. The minimum atomic E-state index is -0.947. The summed E-state index contributed by atoms with van der Waals surface area (Å²) in [5.74, 6) is 0.412. The highest BCUT2D eigenvalue weighted by atomic mass is 16.5. The Morgan fingerprint density at radius 1 is 1.29 bits per heavy atom. The van der Waals surface area contributed by atoms with Crippen LogP contribution in [-0.4, -0.2) is 61.7 Å². The minimum Gasteiger partial charge on any atom is -0.497 e. The summed E-state index contributed by atoms with van der Waals surface area (Å²) >= 11 is 0. The highest BCUT2D eigenvalue weighted by Gasteiger charge is 2.48. The normalized spacial score (nSPS) is 20.3. The van der Waals surface area contributed by atoms with E-state index in [1.165, 1.54) is 4.90 Å². The second kappa shape index (κ2) is 9.05. The number of urea groups is 1. The van der Waals surface area contributed by atoms with Crippen LogP contribution < -0.4 is 20.3 Å². The van der Waals surface area contributed by atoms with Crippen molar-refractivity contribution < 1.29 is 24.0 Å². The molecule has 4 amide bonds. The van der Waals surface area contributed by atoms with E-state index in [1.54, 1.807) is 21.1 Å². The Morgan fingerprint density at radius 2 is 1.93 bits per heavy atom. The fourth-order valence-electron chi connectivity index (χ4n) is 3.22. The number of methoxy groups -OCH3 is 1. The molecule has 1 unspecified atom stereocenters. The van der Waals surface area contributed by atoms with Gasteiger partial charge in [0.05, 0.1) is 14.2 Å². The first-order chi connectivity index (χ1) is 13.1. The molecule has 0 aromatic heterocycles. The van der Waals surface area contributed by atoms with Gasteiger partial charge >= 0.3 is 6.03 Å². The maximum Gasteiger partial charge on any atom is 0.329 e. The van der Waals surface area contributed by atoms with Crippen molar-refractivity contribution in [2.75, 3.05) is 27.4 Å². The third kappa shape index (κ3) is 5.45. The molecule has 8 heteroatoms. The number of imide groups is 1. The summed E-state index contributed by atoms with van der Waals surface area (Å²) in [4.78, 5) is 39.1. The van der Waals surface area contributed by atoms with Crippen LogP contribution in [0.4, 0.5) is 4.79 Å². The van der Waals surface area contributed by atoms with E-state index in [9.17, 15) is 14.4 Å². The molecule has 1 heterocycles. The van der Waals surface area contributed by atoms with Crippen molar-refractivity contribution >= 4 is 17.8 Å². The second-order valence-electron chi connectivity index (χ2n) is 7.86. The Morgan fingerprint density at radius 3 is 2.50 bits per heavy atom. The lowest BCUT2D eigenvalue weighted by atomic mass is 9.93. The van der Waals surface area contributed by atoms with Gasteiger partial charge in [0, 0.05) is 6.04 Å². The van der Waals surface area contributed by atoms with E-state index in [0.29, 0.717) is 12.8 Å². The molecule has 0 bridgehead atoms. The highest BCUT2D eigenvalue weighted by Crippen LogP contribution is 2.23. The molecule has 8 nitrogen and oxygen atoms in total. The van der Waals surface area contributed by atoms with Gasteiger partial charge < -0.3 is 20.3 Å². The van der Waals surface area contributed by atoms with Gasteiger partial charge in [0.1, 0.15) is 11.3 Å². The van der Waals surface area contributed by atoms with Crippen LogP contribution in [-0.2, 0) is 16.0 Å². The Kier molecular flexibility index (Phi) is 7.01. The van der Waals surface area contributed by atoms with Gasteiger partial charge in [0.2, 0.25) is 0 Å². The van der Waals surface area contributed by atoms with Crippen molar-refractivity contribution in [1.29, 1.82) is 0 Å². The first kappa shape index (κ1) is 21.7. The van der Waals surface area contributed by atoms with Gasteiger partial charge in [0.15, 0.2) is 13.2 Å². The smallest absolute Gasteiger partial charge is 0.329 e. The SMILES string of the molecule is COc1ccc(CC[C@]2(C)NC(=O)N(C[NH+](C)CC(=O)NC(C)C)C2=O)cc1. The molecule has 0 radical (unpaired) electrons. The lowest BCUT2D eigenvalue weighted by Crippen LogP contribution is -3.12. The number of hydrogen-bond donors (Lipinski definition) is 3. The molecule has 1 saturated heterocycles. The van der Waals surface area contributed by atoms with Crippen LogP contribution in [0.5, 0.6) is 5.75 Å². The Labute approximate surface area is 166 Å². The quantitative estimate of drug-likeness (QED) is 0.514. The fourth-order valence-corrected chi connectivity index (χ4v) is 3.22. The number of amides is 4. The summed E-state index contributed by atoms with van der Waals surface area (Å²) in [5, 5.41) is 5.62. The third-order valence-corrected chi connectivity index (χ3v) is 4.76. The van der Waals surface area contributed by atoms with E-state index in [-0.39, 0.29) is 31.1 Å². The zero-order valence-electron chi connectivity index (χ0n) is 17.3. The van der Waals surface area contributed by atoms with E-state index in [2.05, 4.69) is 10.6 Å². The Bertz CT molecular complexity index is 719. The molecule has 1 aliphatic rings. The zero-order valence-corrected chi connectivity index (χ0v) is 17.3. The lowest BCUT2D eigenvalue weighted by molar-refractivity contribution is -0.879. The van der Waals surface area contributed by atoms with E-state index >= 15 is 0 Å². The van der Waals surface area contributed by atoms with Gasteiger partial charge in [-0.15, -0.1) is 0 Å². The maximum absolute atomic E-state index is 12.9. The van der Waals surface area contributed by atoms with E-state index in [1.807, 2.05) is 38.1 Å². The van der Waals surface area contributed by atoms with Gasteiger partial charge in [-0.2, -0.15) is 0 Å². The number of rotatable bonds is 9. The van der Waals surface area contributed by atoms with Crippen molar-refractivity contribution in [3.8, 4) is 5.75 Å². The van der Waals surface area contributed by atoms with Crippen LogP contribution in [0.2, 0.25) is 0 Å². The first-order valence-corrected chi connectivity index (χ1v) is 9.52. The number of quaternary nitrogens is 1. The van der Waals surface area contributed by atoms with Crippen LogP contribution in [0.15, 0.2) is 24.3 Å². The highest BCUT2D eigenvalue weighted by molar-refractivity contribution is 6.06. The molecule has 0 spiro atoms. The van der Waals surface area contributed by atoms with Crippen LogP contribution in [0.1, 0.15) is 32.8 Å². The molecule has 1 aromatic rings. The molecule has 28 heavy (non-hydrogen) atoms. The summed E-state index contributed by atoms with van der Waals surface area (Å²) in [5.41, 5.74) is 0.118. The van der Waals surface area contributed by atoms with Crippen LogP contribution in [0, 0.1) is 0 Å². The standard InChI is InChI=1S/C20H30N4O4/c1-14(2)21-17(25)12-23(4)13-24-18(26)20(3,22-19(24)27)11-10-15-6-8-16(28-5)9-7-15/h6-9,14H,10-13H2,1-5H3,(H,21,25)(H,22,27)/p+1/t20-/m0/s1. The largest absolute Gasteiger partial charge is 0.497 e. The van der Waals surface area contributed by atoms with Gasteiger partial charge in [-0.05, 0) is 51.3 Å². The monoisotopic (exact) mass is 391 g/mol. The number of nitrogens with one attached hydrogen (secondary N) is 3. The number of carbonyl (C=O) groups is 3. The Hall–Kier alpha value is -2.61. The van der Waals surface area contributed by atoms with E-state index in [0.717, 1.165) is 16.2 Å². The summed E-state index contributed by atoms with van der Waals surface area (Å²) in [7, 11) is 3.40. The van der Waals surface area contributed by atoms with E-state index < -0.39 is 11.6 Å². The molecular formula is C20H31N4O4+. The van der Waals surface area contributed by atoms with Gasteiger partial charge in [0.25, 0.3) is 11.8 Å². The van der Waals surface area contributed by atoms with Crippen molar-refractivity contribution in [2.45, 2.75) is 45.2 Å². The molecule has 154 valence electrons. The van der Waals surface area contributed by atoms with E-state index in [4.69, 9.17) is 4.74 Å². The number of nitrogens with zero attached hydrogens (tertiary/aromatic N) is 1. The molecule has 1 aliphatic heterocycles. The average molecular weight is 391 g/mol. The number of likely N-dealkylation sites (N-methyl/N-ethyl adjacent to an activating group) is 1. The average Bonchev–Trinajstić information content (AvgIpc) is 2.83. The second-order valence-corrected chi connectivity index (χ2v) is 7.86.